The first-order chi connectivity index (χ1) is 8.44. The second-order valence-corrected chi connectivity index (χ2v) is 6.71. The van der Waals surface area contributed by atoms with E-state index < -0.39 is 0 Å². The number of benzene rings is 1. The van der Waals surface area contributed by atoms with Gasteiger partial charge in [0.15, 0.2) is 0 Å². The summed E-state index contributed by atoms with van der Waals surface area (Å²) >= 11 is -0.119. The molecule has 94 valence electrons. The van der Waals surface area contributed by atoms with Crippen LogP contribution in [0.4, 0.5) is 5.69 Å². The molecule has 2 rings (SSSR count). The fourth-order valence-corrected chi connectivity index (χ4v) is 4.07. The zero-order valence-electron chi connectivity index (χ0n) is 11.8. The van der Waals surface area contributed by atoms with Crippen molar-refractivity contribution in [1.29, 1.82) is 0 Å². The molecule has 0 aliphatic heterocycles. The Morgan fingerprint density at radius 2 is 1.56 bits per heavy atom. The van der Waals surface area contributed by atoms with E-state index in [2.05, 4.69) is 58.9 Å². The second kappa shape index (κ2) is 4.99. The number of allylic oxidation sites excluding steroid dienone is 4. The summed E-state index contributed by atoms with van der Waals surface area (Å²) in [6.45, 7) is 11.4. The fourth-order valence-electron chi connectivity index (χ4n) is 2.38. The molecule has 2 heteroatoms. The molecule has 0 unspecified atom stereocenters. The molecule has 1 nitrogen and oxygen atoms in total. The minimum atomic E-state index is -0.119. The third-order valence-electron chi connectivity index (χ3n) is 4.03. The maximum atomic E-state index is 4.81. The van der Waals surface area contributed by atoms with E-state index >= 15 is 0 Å². The monoisotopic (exact) mass is 277 g/mol. The molecule has 0 heterocycles. The van der Waals surface area contributed by atoms with Gasteiger partial charge in [-0.05, 0) is 0 Å². The van der Waals surface area contributed by atoms with Gasteiger partial charge in [-0.2, -0.15) is 0 Å². The predicted molar refractivity (Wildman–Crippen MR) is 73.4 cm³/mol. The van der Waals surface area contributed by atoms with Crippen LogP contribution in [0.25, 0.3) is 0 Å². The maximum absolute atomic E-state index is 4.81. The quantitative estimate of drug-likeness (QED) is 0.701. The molecule has 0 radical (unpaired) electrons. The normalized spacial score (nSPS) is 19.2. The van der Waals surface area contributed by atoms with E-state index in [1.54, 1.807) is 4.28 Å². The van der Waals surface area contributed by atoms with Crippen molar-refractivity contribution in [3.63, 3.8) is 0 Å². The van der Waals surface area contributed by atoms with Gasteiger partial charge in [0.2, 0.25) is 0 Å². The fraction of sp³-hybridized carbons (Fsp3) is 0.375. The molecule has 0 fully saturated rings. The Kier molecular flexibility index (Phi) is 3.75. The second-order valence-electron chi connectivity index (χ2n) is 5.38. The van der Waals surface area contributed by atoms with Crippen molar-refractivity contribution >= 4 is 5.69 Å². The molecule has 0 atom stereocenters. The zero-order chi connectivity index (χ0) is 13.3. The molecule has 1 aromatic carbocycles. The van der Waals surface area contributed by atoms with E-state index in [1.807, 2.05) is 6.07 Å². The summed E-state index contributed by atoms with van der Waals surface area (Å²) in [4.78, 5) is 0. The van der Waals surface area contributed by atoms with Crippen LogP contribution in [-0.2, 0) is 16.1 Å². The molecule has 1 aromatic rings. The van der Waals surface area contributed by atoms with Crippen molar-refractivity contribution in [2.75, 3.05) is 0 Å². The summed E-state index contributed by atoms with van der Waals surface area (Å²) in [5.41, 5.74) is 5.75. The number of rotatable bonds is 2. The van der Waals surface area contributed by atoms with Gasteiger partial charge in [0.05, 0.1) is 0 Å². The van der Waals surface area contributed by atoms with Crippen LogP contribution < -0.4 is 0 Å². The molecule has 0 saturated heterocycles. The van der Waals surface area contributed by atoms with Crippen LogP contribution in [-0.4, -0.2) is 0 Å². The predicted octanol–water partition coefficient (Wildman–Crippen LogP) is 5.23. The van der Waals surface area contributed by atoms with Crippen LogP contribution in [0.1, 0.15) is 34.6 Å². The van der Waals surface area contributed by atoms with Crippen LogP contribution in [0, 0.1) is 5.41 Å². The Morgan fingerprint density at radius 1 is 0.944 bits per heavy atom. The SMILES string of the molecule is CC1=C(C)C(C)(C)[C](/[V]=[N]/c2ccccc2)=C1C. The Bertz CT molecular complexity index is 548. The van der Waals surface area contributed by atoms with E-state index in [0.717, 1.165) is 5.69 Å². The van der Waals surface area contributed by atoms with Crippen LogP contribution in [0.15, 0.2) is 55.1 Å². The third kappa shape index (κ3) is 2.30. The Hall–Kier alpha value is -0.916. The van der Waals surface area contributed by atoms with Gasteiger partial charge in [0.1, 0.15) is 0 Å². The van der Waals surface area contributed by atoms with Gasteiger partial charge in [-0.25, -0.2) is 0 Å². The van der Waals surface area contributed by atoms with Crippen molar-refractivity contribution in [2.45, 2.75) is 34.6 Å². The Balaban J connectivity index is 2.34. The molecule has 1 aliphatic carbocycles. The molecule has 0 saturated carbocycles. The van der Waals surface area contributed by atoms with Gasteiger partial charge in [-0.3, -0.25) is 0 Å². The van der Waals surface area contributed by atoms with Crippen LogP contribution in [0.2, 0.25) is 0 Å². The molecule has 18 heavy (non-hydrogen) atoms. The molecule has 0 N–H and O–H groups in total. The zero-order valence-corrected chi connectivity index (χ0v) is 13.2. The molecule has 0 amide bonds. The summed E-state index contributed by atoms with van der Waals surface area (Å²) < 4.78 is 6.37. The minimum absolute atomic E-state index is 0.119. The first-order valence-corrected chi connectivity index (χ1v) is 7.63. The van der Waals surface area contributed by atoms with Gasteiger partial charge >= 0.3 is 117 Å². The van der Waals surface area contributed by atoms with Gasteiger partial charge in [0, 0.05) is 0 Å². The van der Waals surface area contributed by atoms with Crippen LogP contribution in [0.5, 0.6) is 0 Å². The first kappa shape index (κ1) is 13.5. The Labute approximate surface area is 117 Å². The average Bonchev–Trinajstić information content (AvgIpc) is 2.50. The average molecular weight is 277 g/mol. The molecule has 1 aliphatic rings. The van der Waals surface area contributed by atoms with Crippen molar-refractivity contribution in [2.24, 2.45) is 9.21 Å². The molecule has 0 spiro atoms. The van der Waals surface area contributed by atoms with E-state index in [-0.39, 0.29) is 21.5 Å². The van der Waals surface area contributed by atoms with Gasteiger partial charge < -0.3 is 0 Å². The third-order valence-corrected chi connectivity index (χ3v) is 6.26. The summed E-state index contributed by atoms with van der Waals surface area (Å²) in [6, 6.07) is 10.3. The summed E-state index contributed by atoms with van der Waals surface area (Å²) in [7, 11) is 0. The number of hydrogen-bond acceptors (Lipinski definition) is 1. The standard InChI is InChI=1S/C10H15.C6H5N.V/c1-7-6-10(4,5)9(3)8(7)2;7-6-4-2-1-3-5-6;/h1-5H3;1-5H;. The Morgan fingerprint density at radius 3 is 2.06 bits per heavy atom. The van der Waals surface area contributed by atoms with E-state index in [4.69, 9.17) is 3.79 Å². The van der Waals surface area contributed by atoms with E-state index in [9.17, 15) is 0 Å². The number of nitrogens with zero attached hydrogens (tertiary/aromatic N) is 1. The van der Waals surface area contributed by atoms with Gasteiger partial charge in [-0.1, -0.05) is 0 Å². The summed E-state index contributed by atoms with van der Waals surface area (Å²) in [5.74, 6) is 0. The van der Waals surface area contributed by atoms with Crippen molar-refractivity contribution in [3.05, 3.63) is 51.3 Å². The summed E-state index contributed by atoms with van der Waals surface area (Å²) in [5, 5.41) is 0. The number of hydrogen-bond donors (Lipinski definition) is 0. The van der Waals surface area contributed by atoms with E-state index in [0.29, 0.717) is 0 Å². The summed E-state index contributed by atoms with van der Waals surface area (Å²) in [6.07, 6.45) is 0. The molecule has 0 aromatic heterocycles. The van der Waals surface area contributed by atoms with E-state index in [1.165, 1.54) is 16.7 Å². The molecular formula is C16H20NV. The molecule has 0 bridgehead atoms. The first-order valence-electron chi connectivity index (χ1n) is 6.31. The van der Waals surface area contributed by atoms with Gasteiger partial charge in [-0.15, -0.1) is 0 Å². The van der Waals surface area contributed by atoms with Crippen molar-refractivity contribution < 1.29 is 16.1 Å². The van der Waals surface area contributed by atoms with Crippen molar-refractivity contribution in [3.8, 4) is 0 Å². The van der Waals surface area contributed by atoms with Crippen molar-refractivity contribution in [1.82, 2.24) is 0 Å². The topological polar surface area (TPSA) is 12.4 Å². The molecular weight excluding hydrogens is 257 g/mol. The van der Waals surface area contributed by atoms with Crippen LogP contribution >= 0.6 is 0 Å². The van der Waals surface area contributed by atoms with Crippen LogP contribution in [0.3, 0.4) is 0 Å². The van der Waals surface area contributed by atoms with Gasteiger partial charge in [0.25, 0.3) is 0 Å².